The molecule has 0 saturated heterocycles. The molecule has 0 heterocycles. The summed E-state index contributed by atoms with van der Waals surface area (Å²) in [5.41, 5.74) is 1.77. The van der Waals surface area contributed by atoms with Crippen LogP contribution in [0.5, 0.6) is 5.75 Å². The number of nitrogens with one attached hydrogen (secondary N) is 1. The largest absolute Gasteiger partial charge is 0.496 e. The molecule has 0 fully saturated rings. The summed E-state index contributed by atoms with van der Waals surface area (Å²) < 4.78 is 5.17. The number of ketones is 1. The SMILES string of the molecule is COc1cccc2c1CCC(=N)C2=O. The number of carbonyl (C=O) groups excluding carboxylic acids is 1. The number of methoxy groups -OCH3 is 1. The number of hydrogen-bond acceptors (Lipinski definition) is 3. The van der Waals surface area contributed by atoms with Crippen LogP contribution in [0.25, 0.3) is 0 Å². The fourth-order valence-electron chi connectivity index (χ4n) is 1.75. The Bertz CT molecular complexity index is 410. The summed E-state index contributed by atoms with van der Waals surface area (Å²) in [5.74, 6) is 0.591. The molecule has 0 radical (unpaired) electrons. The average Bonchev–Trinajstić information content (AvgIpc) is 2.23. The van der Waals surface area contributed by atoms with E-state index in [-0.39, 0.29) is 11.5 Å². The maximum Gasteiger partial charge on any atom is 0.206 e. The molecule has 0 unspecified atom stereocenters. The van der Waals surface area contributed by atoms with E-state index < -0.39 is 0 Å². The highest BCUT2D eigenvalue weighted by Crippen LogP contribution is 2.27. The number of benzene rings is 1. The Labute approximate surface area is 82.2 Å². The molecule has 72 valence electrons. The number of fused-ring (bicyclic) bond motifs is 1. The van der Waals surface area contributed by atoms with Crippen LogP contribution >= 0.6 is 0 Å². The van der Waals surface area contributed by atoms with Gasteiger partial charge in [-0.25, -0.2) is 0 Å². The molecule has 3 nitrogen and oxygen atoms in total. The van der Waals surface area contributed by atoms with Gasteiger partial charge < -0.3 is 10.1 Å². The van der Waals surface area contributed by atoms with Gasteiger partial charge in [-0.3, -0.25) is 4.79 Å². The van der Waals surface area contributed by atoms with Crippen LogP contribution < -0.4 is 4.74 Å². The molecular formula is C11H11NO2. The summed E-state index contributed by atoms with van der Waals surface area (Å²) in [4.78, 5) is 11.6. The Morgan fingerprint density at radius 3 is 2.86 bits per heavy atom. The fourth-order valence-corrected chi connectivity index (χ4v) is 1.75. The molecule has 1 aliphatic rings. The lowest BCUT2D eigenvalue weighted by Crippen LogP contribution is -2.21. The minimum atomic E-state index is -0.162. The van der Waals surface area contributed by atoms with Crippen LogP contribution in [0.1, 0.15) is 22.3 Å². The summed E-state index contributed by atoms with van der Waals surface area (Å²) in [6.07, 6.45) is 1.25. The highest BCUT2D eigenvalue weighted by molar-refractivity contribution is 6.46. The van der Waals surface area contributed by atoms with E-state index in [0.29, 0.717) is 12.0 Å². The minimum Gasteiger partial charge on any atom is -0.496 e. The number of hydrogen-bond donors (Lipinski definition) is 1. The first-order chi connectivity index (χ1) is 6.74. The second-order valence-corrected chi connectivity index (χ2v) is 3.29. The third-order valence-corrected chi connectivity index (χ3v) is 2.50. The van der Waals surface area contributed by atoms with E-state index in [0.717, 1.165) is 17.7 Å². The van der Waals surface area contributed by atoms with Crippen molar-refractivity contribution in [3.8, 4) is 5.75 Å². The molecule has 3 heteroatoms. The van der Waals surface area contributed by atoms with E-state index in [9.17, 15) is 4.79 Å². The van der Waals surface area contributed by atoms with E-state index in [1.165, 1.54) is 0 Å². The topological polar surface area (TPSA) is 50.1 Å². The molecule has 0 bridgehead atoms. The van der Waals surface area contributed by atoms with Crippen molar-refractivity contribution < 1.29 is 9.53 Å². The van der Waals surface area contributed by atoms with Crippen LogP contribution in [0.4, 0.5) is 0 Å². The molecule has 1 N–H and O–H groups in total. The van der Waals surface area contributed by atoms with Gasteiger partial charge in [-0.15, -0.1) is 0 Å². The predicted molar refractivity (Wildman–Crippen MR) is 53.4 cm³/mol. The smallest absolute Gasteiger partial charge is 0.206 e. The van der Waals surface area contributed by atoms with Crippen molar-refractivity contribution in [2.24, 2.45) is 0 Å². The molecule has 1 aliphatic carbocycles. The van der Waals surface area contributed by atoms with E-state index in [4.69, 9.17) is 10.1 Å². The molecule has 0 saturated carbocycles. The number of ether oxygens (including phenoxy) is 1. The van der Waals surface area contributed by atoms with Gasteiger partial charge in [0.2, 0.25) is 5.78 Å². The van der Waals surface area contributed by atoms with Crippen molar-refractivity contribution in [3.05, 3.63) is 29.3 Å². The molecule has 2 rings (SSSR count). The summed E-state index contributed by atoms with van der Waals surface area (Å²) in [6.45, 7) is 0. The molecule has 0 aliphatic heterocycles. The van der Waals surface area contributed by atoms with E-state index in [1.807, 2.05) is 6.07 Å². The van der Waals surface area contributed by atoms with Gasteiger partial charge >= 0.3 is 0 Å². The van der Waals surface area contributed by atoms with Crippen LogP contribution in [-0.4, -0.2) is 18.6 Å². The standard InChI is InChI=1S/C11H11NO2/c1-14-10-4-2-3-8-7(10)5-6-9(12)11(8)13/h2-4,12H,5-6H2,1H3. The second-order valence-electron chi connectivity index (χ2n) is 3.29. The van der Waals surface area contributed by atoms with Gasteiger partial charge in [-0.1, -0.05) is 12.1 Å². The fraction of sp³-hybridized carbons (Fsp3) is 0.273. The van der Waals surface area contributed by atoms with Crippen molar-refractivity contribution in [1.29, 1.82) is 5.41 Å². The molecule has 0 amide bonds. The van der Waals surface area contributed by atoms with Crippen molar-refractivity contribution in [3.63, 3.8) is 0 Å². The van der Waals surface area contributed by atoms with Gasteiger partial charge in [-0.05, 0) is 18.9 Å². The monoisotopic (exact) mass is 189 g/mol. The van der Waals surface area contributed by atoms with Gasteiger partial charge in [0.15, 0.2) is 0 Å². The van der Waals surface area contributed by atoms with Gasteiger partial charge in [0.05, 0.1) is 12.8 Å². The molecule has 0 aromatic heterocycles. The lowest BCUT2D eigenvalue weighted by Gasteiger charge is -2.17. The molecule has 1 aromatic rings. The Kier molecular flexibility index (Phi) is 2.08. The van der Waals surface area contributed by atoms with Gasteiger partial charge in [-0.2, -0.15) is 0 Å². The molecule has 0 spiro atoms. The Balaban J connectivity index is 2.57. The zero-order valence-electron chi connectivity index (χ0n) is 7.96. The molecular weight excluding hydrogens is 178 g/mol. The normalized spacial score (nSPS) is 15.2. The van der Waals surface area contributed by atoms with Crippen LogP contribution in [0.3, 0.4) is 0 Å². The lowest BCUT2D eigenvalue weighted by molar-refractivity contribution is 0.105. The number of Topliss-reactive ketones (excluding diaryl/α,β-unsaturated/α-hetero) is 1. The van der Waals surface area contributed by atoms with Gasteiger partial charge in [0.25, 0.3) is 0 Å². The number of carbonyl (C=O) groups is 1. The molecule has 14 heavy (non-hydrogen) atoms. The van der Waals surface area contributed by atoms with Gasteiger partial charge in [0, 0.05) is 11.1 Å². The second kappa shape index (κ2) is 3.25. The van der Waals surface area contributed by atoms with Crippen molar-refractivity contribution in [1.82, 2.24) is 0 Å². The zero-order chi connectivity index (χ0) is 10.1. The van der Waals surface area contributed by atoms with Crippen molar-refractivity contribution in [2.45, 2.75) is 12.8 Å². The maximum absolute atomic E-state index is 11.6. The highest BCUT2D eigenvalue weighted by atomic mass is 16.5. The lowest BCUT2D eigenvalue weighted by atomic mass is 9.89. The first-order valence-electron chi connectivity index (χ1n) is 4.52. The summed E-state index contributed by atoms with van der Waals surface area (Å²) in [7, 11) is 1.60. The zero-order valence-corrected chi connectivity index (χ0v) is 7.96. The molecule has 0 atom stereocenters. The predicted octanol–water partition coefficient (Wildman–Crippen LogP) is 1.84. The maximum atomic E-state index is 11.6. The van der Waals surface area contributed by atoms with Crippen LogP contribution in [0.2, 0.25) is 0 Å². The highest BCUT2D eigenvalue weighted by Gasteiger charge is 2.23. The summed E-state index contributed by atoms with van der Waals surface area (Å²) in [6, 6.07) is 5.39. The van der Waals surface area contributed by atoms with E-state index in [1.54, 1.807) is 19.2 Å². The summed E-state index contributed by atoms with van der Waals surface area (Å²) >= 11 is 0. The first-order valence-corrected chi connectivity index (χ1v) is 4.52. The quantitative estimate of drug-likeness (QED) is 0.732. The third kappa shape index (κ3) is 1.21. The summed E-state index contributed by atoms with van der Waals surface area (Å²) in [5, 5.41) is 7.46. The Morgan fingerprint density at radius 2 is 2.14 bits per heavy atom. The van der Waals surface area contributed by atoms with Crippen LogP contribution in [0.15, 0.2) is 18.2 Å². The minimum absolute atomic E-state index is 0.162. The Hall–Kier alpha value is -1.64. The van der Waals surface area contributed by atoms with Gasteiger partial charge in [0.1, 0.15) is 5.75 Å². The van der Waals surface area contributed by atoms with E-state index >= 15 is 0 Å². The Morgan fingerprint density at radius 1 is 1.36 bits per heavy atom. The van der Waals surface area contributed by atoms with Crippen molar-refractivity contribution >= 4 is 11.5 Å². The van der Waals surface area contributed by atoms with Crippen molar-refractivity contribution in [2.75, 3.05) is 7.11 Å². The van der Waals surface area contributed by atoms with E-state index in [2.05, 4.69) is 0 Å². The number of rotatable bonds is 1. The average molecular weight is 189 g/mol. The molecule has 1 aromatic carbocycles. The van der Waals surface area contributed by atoms with Crippen LogP contribution in [-0.2, 0) is 6.42 Å². The van der Waals surface area contributed by atoms with Crippen LogP contribution in [0, 0.1) is 5.41 Å². The third-order valence-electron chi connectivity index (χ3n) is 2.50. The first kappa shape index (κ1) is 8.94.